The molecule has 0 radical (unpaired) electrons. The van der Waals surface area contributed by atoms with Crippen molar-refractivity contribution in [1.29, 1.82) is 0 Å². The van der Waals surface area contributed by atoms with Crippen LogP contribution in [-0.4, -0.2) is 19.5 Å². The number of para-hydroxylation sites is 1. The summed E-state index contributed by atoms with van der Waals surface area (Å²) in [4.78, 5) is 15.9. The van der Waals surface area contributed by atoms with E-state index >= 15 is 0 Å². The quantitative estimate of drug-likeness (QED) is 0.176. The van der Waals surface area contributed by atoms with Gasteiger partial charge in [0.2, 0.25) is 5.95 Å². The molecule has 266 valence electrons. The van der Waals surface area contributed by atoms with Gasteiger partial charge in [-0.1, -0.05) is 140 Å². The van der Waals surface area contributed by atoms with Crippen LogP contribution in [0.1, 0.15) is 0 Å². The van der Waals surface area contributed by atoms with Gasteiger partial charge in [0.25, 0.3) is 0 Å². The Hall–Kier alpha value is -7.41. The first kappa shape index (κ1) is 31.9. The van der Waals surface area contributed by atoms with E-state index in [1.54, 1.807) is 0 Å². The van der Waals surface area contributed by atoms with Gasteiger partial charge < -0.3 is 4.42 Å². The molecule has 6 heteroatoms. The molecule has 0 bridgehead atoms. The Kier molecular flexibility index (Phi) is 7.03. The number of nitrogens with zero attached hydrogens (tertiary/aromatic N) is 4. The highest BCUT2D eigenvalue weighted by Crippen LogP contribution is 2.43. The lowest BCUT2D eigenvalue weighted by Crippen LogP contribution is -2.06. The maximum absolute atomic E-state index is 6.58. The van der Waals surface area contributed by atoms with Gasteiger partial charge >= 0.3 is 0 Å². The topological polar surface area (TPSA) is 56.7 Å². The Morgan fingerprint density at radius 2 is 1.07 bits per heavy atom. The van der Waals surface area contributed by atoms with Crippen molar-refractivity contribution in [3.63, 3.8) is 0 Å². The third-order valence-corrected chi connectivity index (χ3v) is 12.2. The molecule has 4 heterocycles. The van der Waals surface area contributed by atoms with Crippen LogP contribution in [0.5, 0.6) is 0 Å². The second-order valence-electron chi connectivity index (χ2n) is 14.4. The molecule has 0 aliphatic carbocycles. The minimum absolute atomic E-state index is 0.560. The molecule has 12 rings (SSSR count). The maximum Gasteiger partial charge on any atom is 0.238 e. The number of benzene rings is 8. The molecule has 8 aromatic carbocycles. The first-order chi connectivity index (χ1) is 28.2. The van der Waals surface area contributed by atoms with E-state index < -0.39 is 0 Å². The van der Waals surface area contributed by atoms with E-state index in [1.165, 1.54) is 20.2 Å². The summed E-state index contributed by atoms with van der Waals surface area (Å²) in [6, 6.07) is 63.7. The fourth-order valence-electron chi connectivity index (χ4n) is 8.49. The average Bonchev–Trinajstić information content (AvgIpc) is 3.96. The lowest BCUT2D eigenvalue weighted by molar-refractivity contribution is 0.669. The van der Waals surface area contributed by atoms with E-state index in [0.717, 1.165) is 77.1 Å². The van der Waals surface area contributed by atoms with Gasteiger partial charge in [0.1, 0.15) is 11.2 Å². The summed E-state index contributed by atoms with van der Waals surface area (Å²) in [5.74, 6) is 1.72. The van der Waals surface area contributed by atoms with Gasteiger partial charge in [0.15, 0.2) is 11.6 Å². The molecular formula is C51H30N4OS. The molecule has 0 fully saturated rings. The number of hydrogen-bond donors (Lipinski definition) is 0. The molecule has 0 unspecified atom stereocenters. The average molecular weight is 747 g/mol. The molecule has 0 amide bonds. The van der Waals surface area contributed by atoms with Crippen LogP contribution < -0.4 is 0 Å². The highest BCUT2D eigenvalue weighted by atomic mass is 32.1. The SMILES string of the molecule is c1ccc(-c2cccc(-c3nc(-c4ccc5c(c4)oc4cccc(-c6ccccc6)c45)nc(-n4c5ccccc5c5ccc6sc7ccccc7c6c54)n3)c2)cc1. The third kappa shape index (κ3) is 5.04. The minimum atomic E-state index is 0.560. The van der Waals surface area contributed by atoms with E-state index in [9.17, 15) is 0 Å². The molecule has 0 atom stereocenters. The van der Waals surface area contributed by atoms with Crippen molar-refractivity contribution in [2.45, 2.75) is 0 Å². The van der Waals surface area contributed by atoms with Crippen LogP contribution in [0.4, 0.5) is 0 Å². The van der Waals surface area contributed by atoms with Crippen LogP contribution in [0.2, 0.25) is 0 Å². The molecule has 5 nitrogen and oxygen atoms in total. The number of hydrogen-bond acceptors (Lipinski definition) is 5. The molecular weight excluding hydrogens is 717 g/mol. The second-order valence-corrected chi connectivity index (χ2v) is 15.5. The van der Waals surface area contributed by atoms with Crippen LogP contribution >= 0.6 is 11.3 Å². The molecule has 4 aromatic heterocycles. The molecule has 0 spiro atoms. The zero-order chi connectivity index (χ0) is 37.5. The maximum atomic E-state index is 6.58. The zero-order valence-corrected chi connectivity index (χ0v) is 31.2. The lowest BCUT2D eigenvalue weighted by atomic mass is 9.99. The van der Waals surface area contributed by atoms with Crippen LogP contribution in [-0.2, 0) is 0 Å². The Labute approximate surface area is 330 Å². The molecule has 57 heavy (non-hydrogen) atoms. The summed E-state index contributed by atoms with van der Waals surface area (Å²) in [7, 11) is 0. The summed E-state index contributed by atoms with van der Waals surface area (Å²) in [6.45, 7) is 0. The van der Waals surface area contributed by atoms with Crippen LogP contribution in [0.15, 0.2) is 186 Å². The fraction of sp³-hybridized carbons (Fsp3) is 0. The smallest absolute Gasteiger partial charge is 0.238 e. The van der Waals surface area contributed by atoms with Crippen LogP contribution in [0.25, 0.3) is 115 Å². The van der Waals surface area contributed by atoms with Crippen molar-refractivity contribution in [3.8, 4) is 51.0 Å². The molecule has 0 aliphatic rings. The van der Waals surface area contributed by atoms with Gasteiger partial charge in [-0.15, -0.1) is 11.3 Å². The van der Waals surface area contributed by atoms with Crippen molar-refractivity contribution in [1.82, 2.24) is 19.5 Å². The Morgan fingerprint density at radius 1 is 0.404 bits per heavy atom. The predicted molar refractivity (Wildman–Crippen MR) is 236 cm³/mol. The third-order valence-electron chi connectivity index (χ3n) is 11.1. The van der Waals surface area contributed by atoms with Crippen LogP contribution in [0.3, 0.4) is 0 Å². The van der Waals surface area contributed by atoms with E-state index in [2.05, 4.69) is 168 Å². The summed E-state index contributed by atoms with van der Waals surface area (Å²) >= 11 is 1.82. The number of fused-ring (bicyclic) bond motifs is 10. The van der Waals surface area contributed by atoms with Gasteiger partial charge in [0.05, 0.1) is 11.0 Å². The Bertz CT molecular complexity index is 3530. The standard InChI is InChI=1S/C51H30N4OS/c1-3-13-31(14-4-1)33-17-11-18-34(29-33)49-52-50(35-25-26-39-43(30-35)56-42-23-12-21-36(46(39)42)32-15-5-2-6-16-32)54-51(53-49)55-41-22-9-7-19-37(41)38-27-28-45-47(48(38)55)40-20-8-10-24-44(40)57-45/h1-30H. The highest BCUT2D eigenvalue weighted by molar-refractivity contribution is 7.26. The van der Waals surface area contributed by atoms with Crippen molar-refractivity contribution in [2.24, 2.45) is 0 Å². The van der Waals surface area contributed by atoms with Gasteiger partial charge in [-0.05, 0) is 64.7 Å². The zero-order valence-electron chi connectivity index (χ0n) is 30.4. The van der Waals surface area contributed by atoms with Crippen molar-refractivity contribution >= 4 is 75.3 Å². The fourth-order valence-corrected chi connectivity index (χ4v) is 9.60. The lowest BCUT2D eigenvalue weighted by Gasteiger charge is -2.12. The predicted octanol–water partition coefficient (Wildman–Crippen LogP) is 13.9. The van der Waals surface area contributed by atoms with Gasteiger partial charge in [0, 0.05) is 52.8 Å². The molecule has 0 N–H and O–H groups in total. The van der Waals surface area contributed by atoms with E-state index in [4.69, 9.17) is 19.4 Å². The van der Waals surface area contributed by atoms with E-state index in [-0.39, 0.29) is 0 Å². The van der Waals surface area contributed by atoms with Crippen molar-refractivity contribution in [2.75, 3.05) is 0 Å². The molecule has 0 saturated carbocycles. The number of furan rings is 1. The Balaban J connectivity index is 1.13. The minimum Gasteiger partial charge on any atom is -0.456 e. The molecule has 0 saturated heterocycles. The van der Waals surface area contributed by atoms with Gasteiger partial charge in [-0.2, -0.15) is 9.97 Å². The number of rotatable bonds is 5. The summed E-state index contributed by atoms with van der Waals surface area (Å²) in [6.07, 6.45) is 0. The monoisotopic (exact) mass is 746 g/mol. The van der Waals surface area contributed by atoms with Crippen LogP contribution in [0, 0.1) is 0 Å². The van der Waals surface area contributed by atoms with Crippen molar-refractivity contribution in [3.05, 3.63) is 182 Å². The van der Waals surface area contributed by atoms with Crippen molar-refractivity contribution < 1.29 is 4.42 Å². The van der Waals surface area contributed by atoms with E-state index in [0.29, 0.717) is 17.6 Å². The van der Waals surface area contributed by atoms with Gasteiger partial charge in [-0.3, -0.25) is 4.57 Å². The molecule has 0 aliphatic heterocycles. The summed E-state index contributed by atoms with van der Waals surface area (Å²) < 4.78 is 11.3. The second kappa shape index (κ2) is 12.6. The number of aromatic nitrogens is 4. The van der Waals surface area contributed by atoms with Gasteiger partial charge in [-0.25, -0.2) is 4.98 Å². The normalized spacial score (nSPS) is 11.9. The number of thiophene rings is 1. The Morgan fingerprint density at radius 3 is 1.91 bits per heavy atom. The first-order valence-electron chi connectivity index (χ1n) is 19.0. The first-order valence-corrected chi connectivity index (χ1v) is 19.8. The van der Waals surface area contributed by atoms with E-state index in [1.807, 2.05) is 29.5 Å². The molecule has 12 aromatic rings. The largest absolute Gasteiger partial charge is 0.456 e. The summed E-state index contributed by atoms with van der Waals surface area (Å²) in [5.41, 5.74) is 10.0. The highest BCUT2D eigenvalue weighted by Gasteiger charge is 2.22. The summed E-state index contributed by atoms with van der Waals surface area (Å²) in [5, 5.41) is 6.88.